The molecule has 1 aromatic carbocycles. The van der Waals surface area contributed by atoms with E-state index in [0.29, 0.717) is 20.9 Å². The smallest absolute Gasteiger partial charge is 0.260 e. The van der Waals surface area contributed by atoms with Crippen LogP contribution in [0.2, 0.25) is 0 Å². The Bertz CT molecular complexity index is 592. The number of hydrogen-bond acceptors (Lipinski definition) is 3. The topological polar surface area (TPSA) is 68.3 Å². The summed E-state index contributed by atoms with van der Waals surface area (Å²) in [6.45, 7) is 0. The van der Waals surface area contributed by atoms with Gasteiger partial charge in [0.25, 0.3) is 5.91 Å². The van der Waals surface area contributed by atoms with Crippen LogP contribution in [-0.2, 0) is 0 Å². The van der Waals surface area contributed by atoms with E-state index in [1.165, 1.54) is 6.26 Å². The number of halogens is 1. The van der Waals surface area contributed by atoms with Gasteiger partial charge in [0, 0.05) is 11.3 Å². The number of benzene rings is 1. The minimum atomic E-state index is -0.251. The third kappa shape index (κ3) is 2.77. The number of nitrogens with one attached hydrogen (secondary N) is 1. The number of rotatable bonds is 3. The van der Waals surface area contributed by atoms with Crippen LogP contribution in [0.5, 0.6) is 0 Å². The van der Waals surface area contributed by atoms with E-state index in [1.54, 1.807) is 30.3 Å². The van der Waals surface area contributed by atoms with E-state index in [4.69, 9.17) is 22.4 Å². The summed E-state index contributed by atoms with van der Waals surface area (Å²) in [5.41, 5.74) is 7.34. The molecule has 0 aliphatic heterocycles. The molecule has 0 spiro atoms. The van der Waals surface area contributed by atoms with E-state index in [9.17, 15) is 4.79 Å². The number of amides is 1. The number of anilines is 1. The molecule has 0 saturated heterocycles. The highest BCUT2D eigenvalue weighted by Gasteiger charge is 2.12. The van der Waals surface area contributed by atoms with Crippen LogP contribution in [0.4, 0.5) is 5.69 Å². The van der Waals surface area contributed by atoms with Crippen molar-refractivity contribution in [2.45, 2.75) is 0 Å². The van der Waals surface area contributed by atoms with Gasteiger partial charge in [0.2, 0.25) is 0 Å². The van der Waals surface area contributed by atoms with Gasteiger partial charge in [-0.15, -0.1) is 0 Å². The zero-order valence-electron chi connectivity index (χ0n) is 9.14. The van der Waals surface area contributed by atoms with Crippen LogP contribution >= 0.6 is 28.1 Å². The van der Waals surface area contributed by atoms with E-state index < -0.39 is 0 Å². The molecule has 0 aliphatic carbocycles. The molecule has 2 rings (SSSR count). The largest absolute Gasteiger partial charge is 0.457 e. The standard InChI is InChI=1S/C12H9BrN2O2S/c13-10-9(5-6-17-10)12(16)15-8-3-1-7(2-4-8)11(14)18/h1-6H,(H2,14,18)(H,15,16). The summed E-state index contributed by atoms with van der Waals surface area (Å²) in [6.07, 6.45) is 1.44. The Labute approximate surface area is 117 Å². The number of carbonyl (C=O) groups excluding carboxylic acids is 1. The van der Waals surface area contributed by atoms with Crippen molar-refractivity contribution in [2.24, 2.45) is 5.73 Å². The van der Waals surface area contributed by atoms with Crippen molar-refractivity contribution in [1.82, 2.24) is 0 Å². The molecule has 18 heavy (non-hydrogen) atoms. The first kappa shape index (κ1) is 12.8. The molecule has 2 aromatic rings. The summed E-state index contributed by atoms with van der Waals surface area (Å²) in [5.74, 6) is -0.251. The van der Waals surface area contributed by atoms with Gasteiger partial charge in [-0.2, -0.15) is 0 Å². The van der Waals surface area contributed by atoms with Crippen LogP contribution in [0, 0.1) is 0 Å². The van der Waals surface area contributed by atoms with Gasteiger partial charge in [-0.1, -0.05) is 12.2 Å². The Morgan fingerprint density at radius 2 is 1.94 bits per heavy atom. The van der Waals surface area contributed by atoms with Gasteiger partial charge in [0.15, 0.2) is 4.67 Å². The van der Waals surface area contributed by atoms with Crippen LogP contribution in [0.1, 0.15) is 15.9 Å². The molecule has 1 aromatic heterocycles. The summed E-state index contributed by atoms with van der Waals surface area (Å²) < 4.78 is 5.40. The number of hydrogen-bond donors (Lipinski definition) is 2. The predicted molar refractivity (Wildman–Crippen MR) is 76.7 cm³/mol. The predicted octanol–water partition coefficient (Wildman–Crippen LogP) is 2.93. The highest BCUT2D eigenvalue weighted by atomic mass is 79.9. The van der Waals surface area contributed by atoms with Crippen molar-refractivity contribution in [2.75, 3.05) is 5.32 Å². The van der Waals surface area contributed by atoms with Crippen molar-refractivity contribution in [1.29, 1.82) is 0 Å². The molecule has 1 amide bonds. The van der Waals surface area contributed by atoms with Gasteiger partial charge >= 0.3 is 0 Å². The lowest BCUT2D eigenvalue weighted by Gasteiger charge is -2.05. The number of carbonyl (C=O) groups is 1. The Morgan fingerprint density at radius 1 is 1.28 bits per heavy atom. The minimum Gasteiger partial charge on any atom is -0.457 e. The summed E-state index contributed by atoms with van der Waals surface area (Å²) >= 11 is 8.00. The second-order valence-electron chi connectivity index (χ2n) is 3.50. The normalized spacial score (nSPS) is 10.1. The van der Waals surface area contributed by atoms with E-state index in [1.807, 2.05) is 0 Å². The van der Waals surface area contributed by atoms with Crippen LogP contribution in [0.3, 0.4) is 0 Å². The number of thiocarbonyl (C=S) groups is 1. The monoisotopic (exact) mass is 324 g/mol. The summed E-state index contributed by atoms with van der Waals surface area (Å²) in [7, 11) is 0. The molecule has 0 saturated carbocycles. The molecule has 1 heterocycles. The number of furan rings is 1. The maximum Gasteiger partial charge on any atom is 0.260 e. The highest BCUT2D eigenvalue weighted by molar-refractivity contribution is 9.10. The van der Waals surface area contributed by atoms with Gasteiger partial charge in [0.05, 0.1) is 11.8 Å². The van der Waals surface area contributed by atoms with E-state index in [2.05, 4.69) is 21.2 Å². The molecule has 0 radical (unpaired) electrons. The third-order valence-electron chi connectivity index (χ3n) is 2.29. The molecular formula is C12H9BrN2O2S. The maximum absolute atomic E-state index is 11.9. The van der Waals surface area contributed by atoms with Gasteiger partial charge in [-0.25, -0.2) is 0 Å². The van der Waals surface area contributed by atoms with Crippen molar-refractivity contribution in [3.8, 4) is 0 Å². The van der Waals surface area contributed by atoms with E-state index in [0.717, 1.165) is 5.56 Å². The lowest BCUT2D eigenvalue weighted by molar-refractivity contribution is 0.102. The van der Waals surface area contributed by atoms with Crippen molar-refractivity contribution < 1.29 is 9.21 Å². The Kier molecular flexibility index (Phi) is 3.78. The van der Waals surface area contributed by atoms with Gasteiger partial charge in [-0.3, -0.25) is 4.79 Å². The summed E-state index contributed by atoms with van der Waals surface area (Å²) in [5, 5.41) is 2.74. The zero-order chi connectivity index (χ0) is 13.1. The van der Waals surface area contributed by atoms with Crippen molar-refractivity contribution in [3.05, 3.63) is 52.4 Å². The van der Waals surface area contributed by atoms with Gasteiger partial charge in [-0.05, 0) is 46.3 Å². The number of nitrogens with two attached hydrogens (primary N) is 1. The molecule has 0 aliphatic rings. The molecule has 92 valence electrons. The molecule has 0 fully saturated rings. The lowest BCUT2D eigenvalue weighted by atomic mass is 10.2. The molecule has 0 bridgehead atoms. The first-order valence-electron chi connectivity index (χ1n) is 5.02. The SMILES string of the molecule is NC(=S)c1ccc(NC(=O)c2ccoc2Br)cc1. The summed E-state index contributed by atoms with van der Waals surface area (Å²) in [4.78, 5) is 12.2. The van der Waals surface area contributed by atoms with Crippen LogP contribution in [-0.4, -0.2) is 10.9 Å². The zero-order valence-corrected chi connectivity index (χ0v) is 11.5. The van der Waals surface area contributed by atoms with Crippen LogP contribution in [0.25, 0.3) is 0 Å². The highest BCUT2D eigenvalue weighted by Crippen LogP contribution is 2.19. The van der Waals surface area contributed by atoms with Crippen LogP contribution < -0.4 is 11.1 Å². The Hall–Kier alpha value is -1.66. The van der Waals surface area contributed by atoms with Gasteiger partial charge < -0.3 is 15.5 Å². The molecule has 3 N–H and O–H groups in total. The minimum absolute atomic E-state index is 0.251. The second-order valence-corrected chi connectivity index (χ2v) is 4.66. The lowest BCUT2D eigenvalue weighted by Crippen LogP contribution is -2.12. The molecule has 6 heteroatoms. The van der Waals surface area contributed by atoms with Crippen molar-refractivity contribution >= 4 is 44.7 Å². The fourth-order valence-electron chi connectivity index (χ4n) is 1.37. The molecular weight excluding hydrogens is 316 g/mol. The Morgan fingerprint density at radius 3 is 2.44 bits per heavy atom. The van der Waals surface area contributed by atoms with E-state index >= 15 is 0 Å². The fraction of sp³-hybridized carbons (Fsp3) is 0. The van der Waals surface area contributed by atoms with Gasteiger partial charge in [0.1, 0.15) is 4.99 Å². The van der Waals surface area contributed by atoms with Crippen molar-refractivity contribution in [3.63, 3.8) is 0 Å². The fourth-order valence-corrected chi connectivity index (χ4v) is 1.93. The molecule has 0 unspecified atom stereocenters. The van der Waals surface area contributed by atoms with E-state index in [-0.39, 0.29) is 5.91 Å². The third-order valence-corrected chi connectivity index (χ3v) is 3.14. The Balaban J connectivity index is 2.13. The molecule has 0 atom stereocenters. The summed E-state index contributed by atoms with van der Waals surface area (Å²) in [6, 6.07) is 8.56. The average Bonchev–Trinajstić information content (AvgIpc) is 2.76. The second kappa shape index (κ2) is 5.32. The quantitative estimate of drug-likeness (QED) is 0.852. The first-order valence-corrected chi connectivity index (χ1v) is 6.22. The maximum atomic E-state index is 11.9. The average molecular weight is 325 g/mol. The molecule has 4 nitrogen and oxygen atoms in total. The first-order chi connectivity index (χ1) is 8.58. The van der Waals surface area contributed by atoms with Crippen LogP contribution in [0.15, 0.2) is 45.7 Å².